The van der Waals surface area contributed by atoms with Crippen LogP contribution in [0.2, 0.25) is 5.02 Å². The predicted molar refractivity (Wildman–Crippen MR) is 113 cm³/mol. The summed E-state index contributed by atoms with van der Waals surface area (Å²) in [6.07, 6.45) is 1.54. The number of benzene rings is 2. The molecule has 1 amide bonds. The zero-order chi connectivity index (χ0) is 19.6. The van der Waals surface area contributed by atoms with Gasteiger partial charge >= 0.3 is 0 Å². The number of alkyl halides is 2. The molecule has 2 aromatic rings. The van der Waals surface area contributed by atoms with Gasteiger partial charge in [0.1, 0.15) is 5.75 Å². The highest BCUT2D eigenvalue weighted by atomic mass is 35.5. The summed E-state index contributed by atoms with van der Waals surface area (Å²) in [7, 11) is 1.60. The van der Waals surface area contributed by atoms with E-state index in [1.807, 2.05) is 18.2 Å². The predicted octanol–water partition coefficient (Wildman–Crippen LogP) is 4.40. The van der Waals surface area contributed by atoms with Gasteiger partial charge in [0, 0.05) is 35.4 Å². The fourth-order valence-corrected chi connectivity index (χ4v) is 3.05. The third-order valence-electron chi connectivity index (χ3n) is 3.72. The lowest BCUT2D eigenvalue weighted by Crippen LogP contribution is -2.28. The normalized spacial score (nSPS) is 10.8. The molecule has 5 nitrogen and oxygen atoms in total. The lowest BCUT2D eigenvalue weighted by atomic mass is 10.2. The van der Waals surface area contributed by atoms with E-state index in [9.17, 15) is 4.79 Å². The van der Waals surface area contributed by atoms with E-state index >= 15 is 0 Å². The molecule has 2 aromatic carbocycles. The Morgan fingerprint density at radius 1 is 1.19 bits per heavy atom. The molecule has 0 spiro atoms. The van der Waals surface area contributed by atoms with Crippen LogP contribution < -0.4 is 15.1 Å². The van der Waals surface area contributed by atoms with Crippen LogP contribution in [0.1, 0.15) is 15.9 Å². The molecule has 0 aliphatic carbocycles. The van der Waals surface area contributed by atoms with E-state index in [0.717, 1.165) is 11.3 Å². The fourth-order valence-electron chi connectivity index (χ4n) is 2.45. The van der Waals surface area contributed by atoms with Gasteiger partial charge in [-0.3, -0.25) is 4.79 Å². The van der Waals surface area contributed by atoms with Crippen molar-refractivity contribution in [2.75, 3.05) is 36.9 Å². The van der Waals surface area contributed by atoms with Crippen molar-refractivity contribution in [3.63, 3.8) is 0 Å². The first kappa shape index (κ1) is 21.4. The van der Waals surface area contributed by atoms with Gasteiger partial charge in [0.25, 0.3) is 5.91 Å². The van der Waals surface area contributed by atoms with Crippen LogP contribution in [0.25, 0.3) is 0 Å². The van der Waals surface area contributed by atoms with E-state index in [2.05, 4.69) is 15.4 Å². The average molecular weight is 429 g/mol. The highest BCUT2D eigenvalue weighted by molar-refractivity contribution is 6.31. The summed E-state index contributed by atoms with van der Waals surface area (Å²) in [5, 5.41) is 4.48. The van der Waals surface area contributed by atoms with Gasteiger partial charge in [-0.05, 0) is 35.9 Å². The van der Waals surface area contributed by atoms with Crippen molar-refractivity contribution in [2.24, 2.45) is 5.10 Å². The number of nitrogens with zero attached hydrogens (tertiary/aromatic N) is 2. The number of halogens is 3. The Morgan fingerprint density at radius 3 is 2.56 bits per heavy atom. The molecular formula is C19H20Cl3N3O2. The van der Waals surface area contributed by atoms with E-state index < -0.39 is 0 Å². The first-order valence-corrected chi connectivity index (χ1v) is 9.67. The van der Waals surface area contributed by atoms with Crippen molar-refractivity contribution in [1.82, 2.24) is 5.43 Å². The van der Waals surface area contributed by atoms with Crippen molar-refractivity contribution < 1.29 is 9.53 Å². The number of amides is 1. The maximum atomic E-state index is 12.1. The lowest BCUT2D eigenvalue weighted by molar-refractivity contribution is 0.0955. The smallest absolute Gasteiger partial charge is 0.271 e. The molecule has 0 atom stereocenters. The number of rotatable bonds is 9. The van der Waals surface area contributed by atoms with E-state index in [0.29, 0.717) is 41.2 Å². The maximum absolute atomic E-state index is 12.1. The van der Waals surface area contributed by atoms with Gasteiger partial charge in [-0.1, -0.05) is 23.7 Å². The molecule has 27 heavy (non-hydrogen) atoms. The summed E-state index contributed by atoms with van der Waals surface area (Å²) in [4.78, 5) is 14.1. The van der Waals surface area contributed by atoms with E-state index in [4.69, 9.17) is 39.5 Å². The number of hydrogen-bond acceptors (Lipinski definition) is 4. The van der Waals surface area contributed by atoms with Crippen LogP contribution in [0.5, 0.6) is 5.75 Å². The second-order valence-corrected chi connectivity index (χ2v) is 6.70. The monoisotopic (exact) mass is 427 g/mol. The first-order valence-electron chi connectivity index (χ1n) is 8.23. The molecule has 1 N–H and O–H groups in total. The number of methoxy groups -OCH3 is 1. The molecular weight excluding hydrogens is 409 g/mol. The van der Waals surface area contributed by atoms with Crippen LogP contribution in [0.3, 0.4) is 0 Å². The minimum atomic E-state index is -0.340. The number of ether oxygens (including phenoxy) is 1. The molecule has 0 aliphatic heterocycles. The molecule has 8 heteroatoms. The quantitative estimate of drug-likeness (QED) is 0.366. The van der Waals surface area contributed by atoms with Gasteiger partial charge < -0.3 is 9.64 Å². The van der Waals surface area contributed by atoms with E-state index in [-0.39, 0.29) is 5.91 Å². The SMILES string of the molecule is COc1cc(/C=N/NC(=O)c2cccc(Cl)c2)ccc1N(CCCl)CCCl. The minimum absolute atomic E-state index is 0.340. The summed E-state index contributed by atoms with van der Waals surface area (Å²) < 4.78 is 5.48. The van der Waals surface area contributed by atoms with Crippen LogP contribution in [-0.2, 0) is 0 Å². The largest absolute Gasteiger partial charge is 0.495 e. The topological polar surface area (TPSA) is 53.9 Å². The molecule has 0 aliphatic rings. The molecule has 0 radical (unpaired) electrons. The maximum Gasteiger partial charge on any atom is 0.271 e. The molecule has 0 heterocycles. The van der Waals surface area contributed by atoms with Crippen molar-refractivity contribution in [2.45, 2.75) is 0 Å². The molecule has 0 aromatic heterocycles. The van der Waals surface area contributed by atoms with Crippen molar-refractivity contribution in [3.8, 4) is 5.75 Å². The van der Waals surface area contributed by atoms with Crippen LogP contribution >= 0.6 is 34.8 Å². The fraction of sp³-hybridized carbons (Fsp3) is 0.263. The third kappa shape index (κ3) is 6.31. The Balaban J connectivity index is 2.10. The van der Waals surface area contributed by atoms with Gasteiger partial charge in [0.15, 0.2) is 0 Å². The number of anilines is 1. The molecule has 2 rings (SSSR count). The Kier molecular flexibility index (Phi) is 8.72. The van der Waals surface area contributed by atoms with Gasteiger partial charge in [0.2, 0.25) is 0 Å². The highest BCUT2D eigenvalue weighted by Gasteiger charge is 2.12. The second kappa shape index (κ2) is 11.0. The summed E-state index contributed by atoms with van der Waals surface area (Å²) in [6, 6.07) is 12.3. The van der Waals surface area contributed by atoms with Gasteiger partial charge in [0.05, 0.1) is 19.0 Å². The highest BCUT2D eigenvalue weighted by Crippen LogP contribution is 2.29. The van der Waals surface area contributed by atoms with Crippen LogP contribution in [0, 0.1) is 0 Å². The van der Waals surface area contributed by atoms with Gasteiger partial charge in [-0.2, -0.15) is 5.10 Å². The van der Waals surface area contributed by atoms with Crippen LogP contribution in [-0.4, -0.2) is 44.1 Å². The summed E-state index contributed by atoms with van der Waals surface area (Å²) in [5.41, 5.74) is 4.59. The molecule has 144 valence electrons. The van der Waals surface area contributed by atoms with Crippen molar-refractivity contribution in [3.05, 3.63) is 58.6 Å². The van der Waals surface area contributed by atoms with Crippen molar-refractivity contribution in [1.29, 1.82) is 0 Å². The van der Waals surface area contributed by atoms with Crippen molar-refractivity contribution >= 4 is 52.6 Å². The molecule has 0 saturated carbocycles. The van der Waals surface area contributed by atoms with Gasteiger partial charge in [-0.25, -0.2) is 5.43 Å². The molecule has 0 saturated heterocycles. The van der Waals surface area contributed by atoms with Crippen LogP contribution in [0.15, 0.2) is 47.6 Å². The minimum Gasteiger partial charge on any atom is -0.495 e. The number of nitrogens with one attached hydrogen (secondary N) is 1. The summed E-state index contributed by atoms with van der Waals surface area (Å²) in [5.74, 6) is 1.31. The Morgan fingerprint density at radius 2 is 1.93 bits per heavy atom. The zero-order valence-electron chi connectivity index (χ0n) is 14.8. The number of hydrazone groups is 1. The molecule has 0 bridgehead atoms. The second-order valence-electron chi connectivity index (χ2n) is 5.51. The zero-order valence-corrected chi connectivity index (χ0v) is 17.1. The Labute approximate surface area is 173 Å². The number of hydrogen-bond donors (Lipinski definition) is 1. The Bertz CT molecular complexity index is 794. The molecule has 0 unspecified atom stereocenters. The van der Waals surface area contributed by atoms with E-state index in [1.54, 1.807) is 37.6 Å². The summed E-state index contributed by atoms with van der Waals surface area (Å²) in [6.45, 7) is 1.32. The number of carbonyl (C=O) groups excluding carboxylic acids is 1. The first-order chi connectivity index (χ1) is 13.1. The molecule has 0 fully saturated rings. The van der Waals surface area contributed by atoms with Gasteiger partial charge in [-0.15, -0.1) is 23.2 Å². The number of carbonyl (C=O) groups is 1. The third-order valence-corrected chi connectivity index (χ3v) is 4.29. The van der Waals surface area contributed by atoms with E-state index in [1.165, 1.54) is 0 Å². The summed E-state index contributed by atoms with van der Waals surface area (Å²) >= 11 is 17.6. The average Bonchev–Trinajstić information content (AvgIpc) is 2.67. The van der Waals surface area contributed by atoms with Crippen LogP contribution in [0.4, 0.5) is 5.69 Å². The Hall–Kier alpha value is -1.95. The lowest BCUT2D eigenvalue weighted by Gasteiger charge is -2.25. The standard InChI is InChI=1S/C19H20Cl3N3O2/c1-27-18-11-14(5-6-17(18)25(9-7-20)10-8-21)13-23-24-19(26)15-3-2-4-16(22)12-15/h2-6,11-13H,7-10H2,1H3,(H,24,26)/b23-13+.